The van der Waals surface area contributed by atoms with Crippen molar-refractivity contribution >= 4 is 17.5 Å². The van der Waals surface area contributed by atoms with Crippen LogP contribution < -0.4 is 5.32 Å². The van der Waals surface area contributed by atoms with E-state index in [1.54, 1.807) is 29.1 Å². The fourth-order valence-electron chi connectivity index (χ4n) is 3.29. The van der Waals surface area contributed by atoms with E-state index in [4.69, 9.17) is 16.0 Å². The number of aryl methyl sites for hydroxylation is 1. The normalized spacial score (nSPS) is 11.9. The van der Waals surface area contributed by atoms with Crippen LogP contribution in [0.5, 0.6) is 0 Å². The summed E-state index contributed by atoms with van der Waals surface area (Å²) in [6.07, 6.45) is 3.31. The molecule has 1 N–H and O–H groups in total. The monoisotopic (exact) mass is 419 g/mol. The molecule has 0 fully saturated rings. The molecule has 152 valence electrons. The van der Waals surface area contributed by atoms with E-state index in [-0.39, 0.29) is 11.9 Å². The maximum Gasteiger partial charge on any atom is 0.270 e. The molecule has 0 bridgehead atoms. The highest BCUT2D eigenvalue weighted by molar-refractivity contribution is 6.32. The number of amides is 1. The zero-order valence-electron chi connectivity index (χ0n) is 16.6. The van der Waals surface area contributed by atoms with Gasteiger partial charge in [-0.2, -0.15) is 5.10 Å². The molecule has 4 rings (SSSR count). The van der Waals surface area contributed by atoms with Gasteiger partial charge in [0.15, 0.2) is 5.76 Å². The summed E-state index contributed by atoms with van der Waals surface area (Å²) in [6, 6.07) is 22.9. The fourth-order valence-corrected chi connectivity index (χ4v) is 3.51. The predicted octanol–water partition coefficient (Wildman–Crippen LogP) is 5.54. The van der Waals surface area contributed by atoms with Crippen LogP contribution in [-0.2, 0) is 6.42 Å². The summed E-state index contributed by atoms with van der Waals surface area (Å²) in [7, 11) is 0. The molecule has 2 heterocycles. The second-order valence-corrected chi connectivity index (χ2v) is 7.56. The first-order chi connectivity index (χ1) is 14.6. The minimum atomic E-state index is -0.208. The van der Waals surface area contributed by atoms with Gasteiger partial charge in [0.2, 0.25) is 0 Å². The van der Waals surface area contributed by atoms with Crippen LogP contribution in [0.1, 0.15) is 29.4 Å². The van der Waals surface area contributed by atoms with Crippen LogP contribution in [0, 0.1) is 0 Å². The van der Waals surface area contributed by atoms with Gasteiger partial charge in [-0.15, -0.1) is 0 Å². The second-order valence-electron chi connectivity index (χ2n) is 7.15. The Hall–Kier alpha value is -3.31. The molecule has 6 heteroatoms. The third-order valence-electron chi connectivity index (χ3n) is 4.88. The predicted molar refractivity (Wildman–Crippen MR) is 118 cm³/mol. The minimum Gasteiger partial charge on any atom is -0.463 e. The first-order valence-corrected chi connectivity index (χ1v) is 10.2. The Labute approximate surface area is 180 Å². The molecule has 0 aliphatic rings. The quantitative estimate of drug-likeness (QED) is 0.428. The molecule has 0 spiro atoms. The van der Waals surface area contributed by atoms with Gasteiger partial charge in [0, 0.05) is 12.1 Å². The van der Waals surface area contributed by atoms with Crippen molar-refractivity contribution in [3.05, 3.63) is 95.3 Å². The van der Waals surface area contributed by atoms with E-state index >= 15 is 0 Å². The van der Waals surface area contributed by atoms with Crippen LogP contribution in [0.15, 0.2) is 83.5 Å². The number of nitrogens with one attached hydrogen (secondary N) is 1. The topological polar surface area (TPSA) is 60.1 Å². The Balaban J connectivity index is 1.57. The molecule has 0 saturated heterocycles. The molecular formula is C24H22ClN3O2. The summed E-state index contributed by atoms with van der Waals surface area (Å²) >= 11 is 6.38. The summed E-state index contributed by atoms with van der Waals surface area (Å²) in [6.45, 7) is 2.00. The minimum absolute atomic E-state index is 0.000589. The van der Waals surface area contributed by atoms with Gasteiger partial charge in [0.25, 0.3) is 5.91 Å². The van der Waals surface area contributed by atoms with Gasteiger partial charge < -0.3 is 9.73 Å². The van der Waals surface area contributed by atoms with E-state index in [9.17, 15) is 4.79 Å². The Kier molecular flexibility index (Phi) is 6.00. The first-order valence-electron chi connectivity index (χ1n) is 9.85. The number of benzene rings is 2. The molecule has 4 aromatic rings. The largest absolute Gasteiger partial charge is 0.463 e. The standard InChI is InChI=1S/C24H22ClN3O2/c1-17(13-14-18-8-3-2-4-9-18)26-24(29)22-16-20(23-12-7-15-30-23)27-28(22)21-11-6-5-10-19(21)25/h2-12,15-17H,13-14H2,1H3,(H,26,29)/t17-/m1/s1. The molecule has 0 aliphatic heterocycles. The molecule has 0 unspecified atom stereocenters. The summed E-state index contributed by atoms with van der Waals surface area (Å²) in [5.41, 5.74) is 2.86. The maximum atomic E-state index is 13.1. The Morgan fingerprint density at radius 3 is 2.60 bits per heavy atom. The molecule has 0 radical (unpaired) electrons. The molecule has 2 aromatic heterocycles. The van der Waals surface area contributed by atoms with Crippen molar-refractivity contribution in [2.24, 2.45) is 0 Å². The average molecular weight is 420 g/mol. The fraction of sp³-hybridized carbons (Fsp3) is 0.167. The van der Waals surface area contributed by atoms with Crippen LogP contribution in [0.3, 0.4) is 0 Å². The van der Waals surface area contributed by atoms with E-state index in [0.717, 1.165) is 12.8 Å². The molecular weight excluding hydrogens is 398 g/mol. The number of aromatic nitrogens is 2. The molecule has 0 aliphatic carbocycles. The van der Waals surface area contributed by atoms with Crippen molar-refractivity contribution in [2.75, 3.05) is 0 Å². The van der Waals surface area contributed by atoms with Crippen LogP contribution in [0.25, 0.3) is 17.1 Å². The number of para-hydroxylation sites is 1. The molecule has 5 nitrogen and oxygen atoms in total. The molecule has 30 heavy (non-hydrogen) atoms. The van der Waals surface area contributed by atoms with E-state index < -0.39 is 0 Å². The van der Waals surface area contributed by atoms with Gasteiger partial charge in [0.1, 0.15) is 11.4 Å². The Morgan fingerprint density at radius 2 is 1.87 bits per heavy atom. The number of furan rings is 1. The van der Waals surface area contributed by atoms with Crippen LogP contribution in [0.2, 0.25) is 5.02 Å². The van der Waals surface area contributed by atoms with Gasteiger partial charge in [-0.25, -0.2) is 4.68 Å². The molecule has 2 aromatic carbocycles. The second kappa shape index (κ2) is 9.01. The van der Waals surface area contributed by atoms with Gasteiger partial charge in [-0.3, -0.25) is 4.79 Å². The number of carbonyl (C=O) groups excluding carboxylic acids is 1. The van der Waals surface area contributed by atoms with E-state index in [0.29, 0.717) is 27.9 Å². The van der Waals surface area contributed by atoms with E-state index in [2.05, 4.69) is 22.5 Å². The summed E-state index contributed by atoms with van der Waals surface area (Å²) < 4.78 is 7.03. The van der Waals surface area contributed by atoms with Crippen molar-refractivity contribution in [1.29, 1.82) is 0 Å². The number of hydrogen-bond acceptors (Lipinski definition) is 3. The van der Waals surface area contributed by atoms with Crippen molar-refractivity contribution in [1.82, 2.24) is 15.1 Å². The molecule has 0 saturated carbocycles. The summed E-state index contributed by atoms with van der Waals surface area (Å²) in [5.74, 6) is 0.382. The molecule has 1 atom stereocenters. The number of hydrogen-bond donors (Lipinski definition) is 1. The van der Waals surface area contributed by atoms with Crippen LogP contribution >= 0.6 is 11.6 Å². The van der Waals surface area contributed by atoms with Crippen molar-refractivity contribution < 1.29 is 9.21 Å². The number of rotatable bonds is 7. The maximum absolute atomic E-state index is 13.1. The third-order valence-corrected chi connectivity index (χ3v) is 5.20. The SMILES string of the molecule is C[C@H](CCc1ccccc1)NC(=O)c1cc(-c2ccco2)nn1-c1ccccc1Cl. The van der Waals surface area contributed by atoms with Gasteiger partial charge in [-0.05, 0) is 49.6 Å². The Bertz CT molecular complexity index is 1120. The van der Waals surface area contributed by atoms with Crippen LogP contribution in [0.4, 0.5) is 0 Å². The summed E-state index contributed by atoms with van der Waals surface area (Å²) in [4.78, 5) is 13.1. The number of carbonyl (C=O) groups is 1. The highest BCUT2D eigenvalue weighted by Gasteiger charge is 2.21. The van der Waals surface area contributed by atoms with Crippen molar-refractivity contribution in [2.45, 2.75) is 25.8 Å². The van der Waals surface area contributed by atoms with E-state index in [1.807, 2.05) is 49.4 Å². The lowest BCUT2D eigenvalue weighted by Crippen LogP contribution is -2.34. The highest BCUT2D eigenvalue weighted by atomic mass is 35.5. The smallest absolute Gasteiger partial charge is 0.270 e. The zero-order valence-corrected chi connectivity index (χ0v) is 17.3. The van der Waals surface area contributed by atoms with Gasteiger partial charge >= 0.3 is 0 Å². The third kappa shape index (κ3) is 4.47. The average Bonchev–Trinajstić information content (AvgIpc) is 3.43. The number of halogens is 1. The lowest BCUT2D eigenvalue weighted by atomic mass is 10.1. The van der Waals surface area contributed by atoms with Crippen LogP contribution in [-0.4, -0.2) is 21.7 Å². The van der Waals surface area contributed by atoms with Crippen molar-refractivity contribution in [3.63, 3.8) is 0 Å². The Morgan fingerprint density at radius 1 is 1.10 bits per heavy atom. The van der Waals surface area contributed by atoms with Crippen molar-refractivity contribution in [3.8, 4) is 17.1 Å². The van der Waals surface area contributed by atoms with Gasteiger partial charge in [-0.1, -0.05) is 54.1 Å². The van der Waals surface area contributed by atoms with E-state index in [1.165, 1.54) is 5.56 Å². The summed E-state index contributed by atoms with van der Waals surface area (Å²) in [5, 5.41) is 8.18. The van der Waals surface area contributed by atoms with Gasteiger partial charge in [0.05, 0.1) is 17.0 Å². The first kappa shape index (κ1) is 20.0. The molecule has 1 amide bonds. The lowest BCUT2D eigenvalue weighted by Gasteiger charge is -2.15. The zero-order chi connectivity index (χ0) is 20.9. The highest BCUT2D eigenvalue weighted by Crippen LogP contribution is 2.26. The lowest BCUT2D eigenvalue weighted by molar-refractivity contribution is 0.0930. The number of nitrogens with zero attached hydrogens (tertiary/aromatic N) is 2.